The number of hydrogen-bond donors (Lipinski definition) is 1. The van der Waals surface area contributed by atoms with Crippen molar-refractivity contribution in [3.8, 4) is 5.75 Å². The fourth-order valence-electron chi connectivity index (χ4n) is 3.80. The average Bonchev–Trinajstić information content (AvgIpc) is 2.92. The number of hydrogen-bond acceptors (Lipinski definition) is 7. The molecule has 0 aliphatic rings. The Bertz CT molecular complexity index is 1530. The normalized spacial score (nSPS) is 11.1. The van der Waals surface area contributed by atoms with Crippen molar-refractivity contribution in [2.24, 2.45) is 0 Å². The maximum Gasteiger partial charge on any atom is 0.340 e. The van der Waals surface area contributed by atoms with Crippen LogP contribution in [-0.4, -0.2) is 45.5 Å². The van der Waals surface area contributed by atoms with Crippen molar-refractivity contribution < 1.29 is 27.5 Å². The molecule has 0 saturated heterocycles. The topological polar surface area (TPSA) is 115 Å². The first-order valence-electron chi connectivity index (χ1n) is 11.4. The van der Waals surface area contributed by atoms with Crippen molar-refractivity contribution >= 4 is 44.0 Å². The summed E-state index contributed by atoms with van der Waals surface area (Å²) in [6.07, 6.45) is 3.09. The van der Waals surface area contributed by atoms with Gasteiger partial charge in [-0.15, -0.1) is 0 Å². The van der Waals surface area contributed by atoms with E-state index in [9.17, 15) is 18.0 Å². The molecule has 3 aromatic carbocycles. The Morgan fingerprint density at radius 3 is 2.46 bits per heavy atom. The molecule has 1 N–H and O–H groups in total. The maximum atomic E-state index is 14.0. The molecule has 0 fully saturated rings. The number of nitrogens with zero attached hydrogens (tertiary/aromatic N) is 2. The number of rotatable bonds is 9. The van der Waals surface area contributed by atoms with E-state index in [0.717, 1.165) is 4.31 Å². The number of fused-ring (bicyclic) bond motifs is 1. The lowest BCUT2D eigenvalue weighted by Gasteiger charge is -2.25. The summed E-state index contributed by atoms with van der Waals surface area (Å²) in [5.74, 6) is -0.703. The third kappa shape index (κ3) is 5.54. The molecule has 0 spiro atoms. The number of pyridine rings is 1. The highest BCUT2D eigenvalue weighted by atomic mass is 32.2. The highest BCUT2D eigenvalue weighted by Crippen LogP contribution is 2.30. The summed E-state index contributed by atoms with van der Waals surface area (Å²) in [6.45, 7) is 1.30. The lowest BCUT2D eigenvalue weighted by molar-refractivity contribution is -0.114. The van der Waals surface area contributed by atoms with E-state index < -0.39 is 28.4 Å². The number of aromatic nitrogens is 1. The van der Waals surface area contributed by atoms with E-state index in [4.69, 9.17) is 9.47 Å². The number of nitrogens with one attached hydrogen (secondary N) is 1. The minimum Gasteiger partial charge on any atom is -0.497 e. The van der Waals surface area contributed by atoms with Crippen LogP contribution in [0.3, 0.4) is 0 Å². The highest BCUT2D eigenvalue weighted by molar-refractivity contribution is 7.93. The Morgan fingerprint density at radius 2 is 1.73 bits per heavy atom. The summed E-state index contributed by atoms with van der Waals surface area (Å²) in [7, 11) is -2.71. The van der Waals surface area contributed by atoms with Crippen molar-refractivity contribution in [3.63, 3.8) is 0 Å². The fourth-order valence-corrected chi connectivity index (χ4v) is 5.44. The monoisotopic (exact) mass is 519 g/mol. The van der Waals surface area contributed by atoms with Gasteiger partial charge in [0.15, 0.2) is 0 Å². The molecule has 37 heavy (non-hydrogen) atoms. The summed E-state index contributed by atoms with van der Waals surface area (Å²) in [5, 5.41) is 3.77. The van der Waals surface area contributed by atoms with Crippen molar-refractivity contribution in [1.82, 2.24) is 4.98 Å². The molecule has 0 aliphatic heterocycles. The number of carbonyl (C=O) groups is 2. The molecule has 1 aromatic heterocycles. The van der Waals surface area contributed by atoms with Crippen LogP contribution in [0.25, 0.3) is 10.8 Å². The molecule has 9 nitrogen and oxygen atoms in total. The molecule has 0 bridgehead atoms. The van der Waals surface area contributed by atoms with Gasteiger partial charge in [-0.1, -0.05) is 24.3 Å². The van der Waals surface area contributed by atoms with Gasteiger partial charge in [0.25, 0.3) is 10.0 Å². The molecule has 0 radical (unpaired) electrons. The standard InChI is InChI=1S/C27H25N3O6S/c1-3-36-27(32)23-8-4-5-9-24(23)29-26(31)18-30(20-11-13-21(35-2)14-12-20)37(33,34)25-10-6-7-19-17-28-16-15-22(19)25/h4-17H,3,18H2,1-2H3,(H,29,31). The number of carbonyl (C=O) groups excluding carboxylic acids is 2. The van der Waals surface area contributed by atoms with E-state index in [1.807, 2.05) is 0 Å². The van der Waals surface area contributed by atoms with Crippen LogP contribution < -0.4 is 14.4 Å². The van der Waals surface area contributed by atoms with Gasteiger partial charge in [0.1, 0.15) is 12.3 Å². The predicted molar refractivity (Wildman–Crippen MR) is 140 cm³/mol. The van der Waals surface area contributed by atoms with Gasteiger partial charge in [-0.2, -0.15) is 0 Å². The van der Waals surface area contributed by atoms with Crippen LogP contribution in [0.15, 0.2) is 90.1 Å². The van der Waals surface area contributed by atoms with E-state index in [0.29, 0.717) is 16.5 Å². The first-order chi connectivity index (χ1) is 17.8. The van der Waals surface area contributed by atoms with Crippen LogP contribution in [0.4, 0.5) is 11.4 Å². The van der Waals surface area contributed by atoms with E-state index >= 15 is 0 Å². The molecule has 0 atom stereocenters. The minimum atomic E-state index is -4.21. The number of amides is 1. The van der Waals surface area contributed by atoms with E-state index in [1.54, 1.807) is 73.8 Å². The van der Waals surface area contributed by atoms with Gasteiger partial charge < -0.3 is 14.8 Å². The lowest BCUT2D eigenvalue weighted by Crippen LogP contribution is -2.38. The summed E-state index contributed by atoms with van der Waals surface area (Å²) >= 11 is 0. The molecule has 4 aromatic rings. The number of ether oxygens (including phenoxy) is 2. The second-order valence-corrected chi connectivity index (χ2v) is 9.71. The number of methoxy groups -OCH3 is 1. The van der Waals surface area contributed by atoms with Crippen LogP contribution in [0.2, 0.25) is 0 Å². The first kappa shape index (κ1) is 25.6. The van der Waals surface area contributed by atoms with Gasteiger partial charge >= 0.3 is 5.97 Å². The van der Waals surface area contributed by atoms with Gasteiger partial charge in [0, 0.05) is 23.2 Å². The number of anilines is 2. The summed E-state index contributed by atoms with van der Waals surface area (Å²) in [6, 6.07) is 19.2. The van der Waals surface area contributed by atoms with Gasteiger partial charge in [-0.25, -0.2) is 13.2 Å². The molecule has 190 valence electrons. The van der Waals surface area contributed by atoms with Crippen LogP contribution >= 0.6 is 0 Å². The number of sulfonamides is 1. The number of esters is 1. The van der Waals surface area contributed by atoms with Crippen molar-refractivity contribution in [1.29, 1.82) is 0 Å². The third-order valence-corrected chi connectivity index (χ3v) is 7.38. The summed E-state index contributed by atoms with van der Waals surface area (Å²) < 4.78 is 39.2. The molecular formula is C27H25N3O6S. The van der Waals surface area contributed by atoms with Crippen molar-refractivity contribution in [2.75, 3.05) is 29.9 Å². The number of benzene rings is 3. The Morgan fingerprint density at radius 1 is 0.973 bits per heavy atom. The van der Waals surface area contributed by atoms with Crippen LogP contribution in [0.1, 0.15) is 17.3 Å². The van der Waals surface area contributed by atoms with Crippen molar-refractivity contribution in [3.05, 3.63) is 90.8 Å². The zero-order chi connectivity index (χ0) is 26.4. The van der Waals surface area contributed by atoms with Gasteiger partial charge in [0.05, 0.1) is 35.6 Å². The Hall–Kier alpha value is -4.44. The molecule has 0 aliphatic carbocycles. The molecular weight excluding hydrogens is 494 g/mol. The SMILES string of the molecule is CCOC(=O)c1ccccc1NC(=O)CN(c1ccc(OC)cc1)S(=O)(=O)c1cccc2cnccc12. The second kappa shape index (κ2) is 11.1. The Balaban J connectivity index is 1.73. The van der Waals surface area contributed by atoms with Crippen molar-refractivity contribution in [2.45, 2.75) is 11.8 Å². The highest BCUT2D eigenvalue weighted by Gasteiger charge is 2.29. The molecule has 1 amide bonds. The lowest BCUT2D eigenvalue weighted by atomic mass is 10.2. The Labute approximate surface area is 214 Å². The first-order valence-corrected chi connectivity index (χ1v) is 12.8. The maximum absolute atomic E-state index is 14.0. The quantitative estimate of drug-likeness (QED) is 0.329. The molecule has 0 unspecified atom stereocenters. The number of para-hydroxylation sites is 1. The predicted octanol–water partition coefficient (Wildman–Crippen LogP) is 4.25. The summed E-state index contributed by atoms with van der Waals surface area (Å²) in [4.78, 5) is 29.6. The molecule has 4 rings (SSSR count). The van der Waals surface area contributed by atoms with E-state index in [-0.39, 0.29) is 28.4 Å². The average molecular weight is 520 g/mol. The molecule has 10 heteroatoms. The molecule has 1 heterocycles. The zero-order valence-corrected chi connectivity index (χ0v) is 21.1. The van der Waals surface area contributed by atoms with Crippen LogP contribution in [0.5, 0.6) is 5.75 Å². The third-order valence-electron chi connectivity index (χ3n) is 5.55. The largest absolute Gasteiger partial charge is 0.497 e. The smallest absolute Gasteiger partial charge is 0.340 e. The molecule has 0 saturated carbocycles. The van der Waals surface area contributed by atoms with Gasteiger partial charge in [0.2, 0.25) is 5.91 Å². The van der Waals surface area contributed by atoms with E-state index in [1.165, 1.54) is 25.4 Å². The fraction of sp³-hybridized carbons (Fsp3) is 0.148. The van der Waals surface area contributed by atoms with Gasteiger partial charge in [-0.3, -0.25) is 14.1 Å². The minimum absolute atomic E-state index is 0.0305. The van der Waals surface area contributed by atoms with Gasteiger partial charge in [-0.05, 0) is 55.5 Å². The van der Waals surface area contributed by atoms with E-state index in [2.05, 4.69) is 10.3 Å². The van der Waals surface area contributed by atoms with Crippen LogP contribution in [0, 0.1) is 0 Å². The summed E-state index contributed by atoms with van der Waals surface area (Å²) in [5.41, 5.74) is 0.646. The second-order valence-electron chi connectivity index (χ2n) is 7.88. The van der Waals surface area contributed by atoms with Crippen LogP contribution in [-0.2, 0) is 19.6 Å². The Kier molecular flexibility index (Phi) is 7.69. The zero-order valence-electron chi connectivity index (χ0n) is 20.2.